The molecular formula is C12H20Cl2N2S. The molecule has 2 rings (SSSR count). The number of thiophene rings is 1. The summed E-state index contributed by atoms with van der Waals surface area (Å²) < 4.78 is 0.956. The Morgan fingerprint density at radius 1 is 1.47 bits per heavy atom. The third-order valence-electron chi connectivity index (χ3n) is 3.29. The number of hydrogen-bond donors (Lipinski definition) is 1. The van der Waals surface area contributed by atoms with Gasteiger partial charge in [-0.05, 0) is 62.5 Å². The van der Waals surface area contributed by atoms with Gasteiger partial charge in [0.2, 0.25) is 0 Å². The van der Waals surface area contributed by atoms with E-state index in [1.807, 2.05) is 7.05 Å². The molecule has 0 unspecified atom stereocenters. The van der Waals surface area contributed by atoms with E-state index in [9.17, 15) is 0 Å². The van der Waals surface area contributed by atoms with Crippen LogP contribution in [-0.2, 0) is 6.54 Å². The predicted molar refractivity (Wildman–Crippen MR) is 78.5 cm³/mol. The van der Waals surface area contributed by atoms with Gasteiger partial charge in [0.15, 0.2) is 0 Å². The normalized spacial score (nSPS) is 18.0. The number of nitrogens with zero attached hydrogens (tertiary/aromatic N) is 1. The van der Waals surface area contributed by atoms with Crippen molar-refractivity contribution in [2.45, 2.75) is 19.4 Å². The van der Waals surface area contributed by atoms with Crippen LogP contribution < -0.4 is 5.32 Å². The highest BCUT2D eigenvalue weighted by atomic mass is 35.5. The zero-order valence-corrected chi connectivity index (χ0v) is 12.5. The van der Waals surface area contributed by atoms with E-state index in [1.54, 1.807) is 11.3 Å². The average Bonchev–Trinajstić information content (AvgIpc) is 2.68. The lowest BCUT2D eigenvalue weighted by molar-refractivity contribution is 0.177. The molecule has 0 aliphatic carbocycles. The van der Waals surface area contributed by atoms with Crippen molar-refractivity contribution in [1.82, 2.24) is 10.2 Å². The quantitative estimate of drug-likeness (QED) is 0.917. The number of likely N-dealkylation sites (tertiary alicyclic amines) is 1. The first-order chi connectivity index (χ1) is 7.79. The topological polar surface area (TPSA) is 15.3 Å². The van der Waals surface area contributed by atoms with Crippen LogP contribution in [0.25, 0.3) is 0 Å². The summed E-state index contributed by atoms with van der Waals surface area (Å²) in [7, 11) is 2.04. The molecule has 2 heterocycles. The van der Waals surface area contributed by atoms with E-state index in [0.717, 1.165) is 23.3 Å². The van der Waals surface area contributed by atoms with Gasteiger partial charge >= 0.3 is 0 Å². The van der Waals surface area contributed by atoms with Crippen LogP contribution in [0.5, 0.6) is 0 Å². The molecule has 0 bridgehead atoms. The molecule has 2 nitrogen and oxygen atoms in total. The zero-order valence-electron chi connectivity index (χ0n) is 10.1. The highest BCUT2D eigenvalue weighted by molar-refractivity contribution is 7.14. The minimum Gasteiger partial charge on any atom is -0.319 e. The first kappa shape index (κ1) is 15.3. The minimum atomic E-state index is 0. The van der Waals surface area contributed by atoms with Crippen LogP contribution in [0.15, 0.2) is 11.4 Å². The van der Waals surface area contributed by atoms with Gasteiger partial charge in [0.1, 0.15) is 0 Å². The molecule has 1 saturated heterocycles. The molecule has 1 aromatic heterocycles. The second kappa shape index (κ2) is 7.59. The van der Waals surface area contributed by atoms with E-state index in [2.05, 4.69) is 21.7 Å². The van der Waals surface area contributed by atoms with Crippen LogP contribution in [-0.4, -0.2) is 31.6 Å². The summed E-state index contributed by atoms with van der Waals surface area (Å²) in [4.78, 5) is 2.51. The van der Waals surface area contributed by atoms with Crippen LogP contribution >= 0.6 is 35.3 Å². The highest BCUT2D eigenvalue weighted by Crippen LogP contribution is 2.26. The number of piperidine rings is 1. The molecule has 5 heteroatoms. The van der Waals surface area contributed by atoms with Gasteiger partial charge in [-0.15, -0.1) is 23.7 Å². The second-order valence-electron chi connectivity index (χ2n) is 4.50. The van der Waals surface area contributed by atoms with E-state index in [1.165, 1.54) is 31.5 Å². The van der Waals surface area contributed by atoms with Crippen molar-refractivity contribution in [2.75, 3.05) is 26.7 Å². The van der Waals surface area contributed by atoms with E-state index < -0.39 is 0 Å². The van der Waals surface area contributed by atoms with Crippen LogP contribution in [0.4, 0.5) is 0 Å². The molecule has 98 valence electrons. The maximum atomic E-state index is 6.12. The van der Waals surface area contributed by atoms with Crippen molar-refractivity contribution in [3.05, 3.63) is 21.3 Å². The van der Waals surface area contributed by atoms with Crippen molar-refractivity contribution in [3.8, 4) is 0 Å². The summed E-state index contributed by atoms with van der Waals surface area (Å²) in [6.07, 6.45) is 2.62. The summed E-state index contributed by atoms with van der Waals surface area (Å²) in [5.41, 5.74) is 1.29. The Labute approximate surface area is 119 Å². The Morgan fingerprint density at radius 3 is 2.71 bits per heavy atom. The van der Waals surface area contributed by atoms with Gasteiger partial charge < -0.3 is 5.32 Å². The molecule has 0 spiro atoms. The third kappa shape index (κ3) is 4.42. The molecule has 1 fully saturated rings. The van der Waals surface area contributed by atoms with E-state index in [4.69, 9.17) is 11.6 Å². The van der Waals surface area contributed by atoms with E-state index in [0.29, 0.717) is 0 Å². The van der Waals surface area contributed by atoms with Gasteiger partial charge in [0.05, 0.1) is 4.34 Å². The fourth-order valence-electron chi connectivity index (χ4n) is 2.31. The molecule has 1 N–H and O–H groups in total. The molecular weight excluding hydrogens is 275 g/mol. The molecule has 0 aromatic carbocycles. The van der Waals surface area contributed by atoms with Crippen molar-refractivity contribution >= 4 is 35.3 Å². The molecule has 1 aliphatic heterocycles. The highest BCUT2D eigenvalue weighted by Gasteiger charge is 2.19. The fourth-order valence-corrected chi connectivity index (χ4v) is 3.22. The summed E-state index contributed by atoms with van der Waals surface area (Å²) in [6.45, 7) is 4.60. The number of nitrogens with one attached hydrogen (secondary N) is 1. The molecule has 0 amide bonds. The molecule has 0 saturated carbocycles. The molecule has 0 atom stereocenters. The maximum Gasteiger partial charge on any atom is 0.0973 e. The monoisotopic (exact) mass is 294 g/mol. The zero-order chi connectivity index (χ0) is 11.4. The van der Waals surface area contributed by atoms with Gasteiger partial charge in [0.25, 0.3) is 0 Å². The molecule has 1 aromatic rings. The first-order valence-corrected chi connectivity index (χ1v) is 7.14. The van der Waals surface area contributed by atoms with Crippen molar-refractivity contribution in [1.29, 1.82) is 0 Å². The number of halogens is 2. The van der Waals surface area contributed by atoms with Crippen LogP contribution in [0.3, 0.4) is 0 Å². The largest absolute Gasteiger partial charge is 0.319 e. The first-order valence-electron chi connectivity index (χ1n) is 5.88. The van der Waals surface area contributed by atoms with Crippen molar-refractivity contribution in [2.24, 2.45) is 5.92 Å². The molecule has 1 aliphatic rings. The maximum absolute atomic E-state index is 6.12. The smallest absolute Gasteiger partial charge is 0.0973 e. The summed E-state index contributed by atoms with van der Waals surface area (Å²) in [6, 6.07) is 2.15. The Hall–Kier alpha value is 0.200. The summed E-state index contributed by atoms with van der Waals surface area (Å²) in [5, 5.41) is 5.34. The second-order valence-corrected chi connectivity index (χ2v) is 6.01. The Balaban J connectivity index is 0.00000144. The van der Waals surface area contributed by atoms with Crippen molar-refractivity contribution < 1.29 is 0 Å². The Bertz CT molecular complexity index is 322. The lowest BCUT2D eigenvalue weighted by Crippen LogP contribution is -2.36. The molecule has 0 radical (unpaired) electrons. The number of rotatable bonds is 4. The van der Waals surface area contributed by atoms with Crippen molar-refractivity contribution in [3.63, 3.8) is 0 Å². The minimum absolute atomic E-state index is 0. The average molecular weight is 295 g/mol. The van der Waals surface area contributed by atoms with E-state index in [-0.39, 0.29) is 12.4 Å². The standard InChI is InChI=1S/C12H19ClN2S.ClH/c1-14-8-10-2-5-15(6-3-10)9-11-4-7-16-12(11)13;/h4,7,10,14H,2-3,5-6,8-9H2,1H3;1H. The fraction of sp³-hybridized carbons (Fsp3) is 0.667. The van der Waals surface area contributed by atoms with Gasteiger partial charge in [0, 0.05) is 6.54 Å². The number of hydrogen-bond acceptors (Lipinski definition) is 3. The molecule has 17 heavy (non-hydrogen) atoms. The van der Waals surface area contributed by atoms with E-state index >= 15 is 0 Å². The van der Waals surface area contributed by atoms with Gasteiger partial charge in [-0.2, -0.15) is 0 Å². The van der Waals surface area contributed by atoms with Gasteiger partial charge in [-0.1, -0.05) is 11.6 Å². The lowest BCUT2D eigenvalue weighted by Gasteiger charge is -2.31. The Kier molecular flexibility index (Phi) is 6.82. The van der Waals surface area contributed by atoms with Crippen LogP contribution in [0.2, 0.25) is 4.34 Å². The van der Waals surface area contributed by atoms with Gasteiger partial charge in [-0.3, -0.25) is 4.90 Å². The summed E-state index contributed by atoms with van der Waals surface area (Å²) in [5.74, 6) is 0.860. The van der Waals surface area contributed by atoms with Crippen LogP contribution in [0.1, 0.15) is 18.4 Å². The lowest BCUT2D eigenvalue weighted by atomic mass is 9.96. The summed E-state index contributed by atoms with van der Waals surface area (Å²) >= 11 is 7.75. The third-order valence-corrected chi connectivity index (χ3v) is 4.54. The van der Waals surface area contributed by atoms with Crippen LogP contribution in [0, 0.1) is 5.92 Å². The van der Waals surface area contributed by atoms with Gasteiger partial charge in [-0.25, -0.2) is 0 Å². The predicted octanol–water partition coefficient (Wildman–Crippen LogP) is 3.25. The Morgan fingerprint density at radius 2 is 2.18 bits per heavy atom. The SMILES string of the molecule is CNCC1CCN(Cc2ccsc2Cl)CC1.Cl.